The fourth-order valence-corrected chi connectivity index (χ4v) is 4.41. The molecule has 0 spiro atoms. The zero-order chi connectivity index (χ0) is 14.8. The largest absolute Gasteiger partial charge is 0.399 e. The number of nitrogens with two attached hydrogens (primary N) is 1. The minimum Gasteiger partial charge on any atom is -0.399 e. The number of likely N-dealkylation sites (tertiary alicyclic amines) is 1. The van der Waals surface area contributed by atoms with Gasteiger partial charge in [0.2, 0.25) is 0 Å². The van der Waals surface area contributed by atoms with E-state index in [1.54, 1.807) is 24.3 Å². The summed E-state index contributed by atoms with van der Waals surface area (Å²) in [5, 5.41) is -0.264. The summed E-state index contributed by atoms with van der Waals surface area (Å²) in [4.78, 5) is 2.72. The molecule has 111 valence electrons. The Morgan fingerprint density at radius 1 is 1.20 bits per heavy atom. The molecule has 0 amide bonds. The van der Waals surface area contributed by atoms with Crippen LogP contribution in [0.15, 0.2) is 29.2 Å². The van der Waals surface area contributed by atoms with E-state index in [1.807, 2.05) is 0 Å². The molecule has 1 fully saturated rings. The summed E-state index contributed by atoms with van der Waals surface area (Å²) < 4.78 is 25.1. The van der Waals surface area contributed by atoms with Crippen LogP contribution >= 0.6 is 0 Å². The molecule has 20 heavy (non-hydrogen) atoms. The van der Waals surface area contributed by atoms with Crippen molar-refractivity contribution in [2.45, 2.75) is 36.8 Å². The molecule has 0 aliphatic carbocycles. The highest BCUT2D eigenvalue weighted by molar-refractivity contribution is 7.92. The lowest BCUT2D eigenvalue weighted by molar-refractivity contribution is 0.238. The van der Waals surface area contributed by atoms with Gasteiger partial charge in [-0.15, -0.1) is 0 Å². The lowest BCUT2D eigenvalue weighted by atomic mass is 10.1. The Hall–Kier alpha value is -1.07. The van der Waals surface area contributed by atoms with Crippen LogP contribution in [0.25, 0.3) is 0 Å². The molecule has 1 aromatic rings. The Kier molecular flexibility index (Phi) is 4.70. The van der Waals surface area contributed by atoms with Crippen molar-refractivity contribution in [3.63, 3.8) is 0 Å². The van der Waals surface area contributed by atoms with Gasteiger partial charge in [-0.3, -0.25) is 0 Å². The molecule has 1 aromatic carbocycles. The van der Waals surface area contributed by atoms with E-state index in [-0.39, 0.29) is 5.25 Å². The molecular formula is C15H23N2O2S. The minimum absolute atomic E-state index is 0.264. The summed E-state index contributed by atoms with van der Waals surface area (Å²) in [5.74, 6) is 1.37. The van der Waals surface area contributed by atoms with Crippen molar-refractivity contribution in [2.75, 3.05) is 25.4 Å². The fourth-order valence-electron chi connectivity index (χ4n) is 2.67. The normalized spacial score (nSPS) is 18.6. The number of sulfone groups is 1. The number of benzene rings is 1. The van der Waals surface area contributed by atoms with Crippen molar-refractivity contribution in [3.05, 3.63) is 30.2 Å². The van der Waals surface area contributed by atoms with Crippen LogP contribution in [0.4, 0.5) is 5.69 Å². The molecule has 0 saturated carbocycles. The average Bonchev–Trinajstić information content (AvgIpc) is 2.39. The van der Waals surface area contributed by atoms with Crippen molar-refractivity contribution in [3.8, 4) is 0 Å². The molecule has 2 N–H and O–H groups in total. The SMILES string of the molecule is C[C](C)CN1CCC(S(=O)(=O)c2ccc(N)cc2)CC1. The molecule has 1 radical (unpaired) electrons. The van der Waals surface area contributed by atoms with Crippen LogP contribution in [0.1, 0.15) is 26.7 Å². The maximum absolute atomic E-state index is 12.6. The molecule has 0 bridgehead atoms. The molecule has 1 aliphatic rings. The van der Waals surface area contributed by atoms with Crippen LogP contribution in [0.2, 0.25) is 0 Å². The second-order valence-corrected chi connectivity index (χ2v) is 8.02. The maximum atomic E-state index is 12.6. The third-order valence-electron chi connectivity index (χ3n) is 3.72. The van der Waals surface area contributed by atoms with E-state index in [1.165, 1.54) is 5.92 Å². The Labute approximate surface area is 121 Å². The van der Waals surface area contributed by atoms with Crippen molar-refractivity contribution >= 4 is 15.5 Å². The van der Waals surface area contributed by atoms with Gasteiger partial charge in [-0.2, -0.15) is 0 Å². The number of hydrogen-bond donors (Lipinski definition) is 1. The van der Waals surface area contributed by atoms with Gasteiger partial charge in [0, 0.05) is 12.2 Å². The number of anilines is 1. The number of hydrogen-bond acceptors (Lipinski definition) is 4. The molecular weight excluding hydrogens is 272 g/mol. The zero-order valence-electron chi connectivity index (χ0n) is 12.2. The molecule has 0 unspecified atom stereocenters. The van der Waals surface area contributed by atoms with Crippen molar-refractivity contribution < 1.29 is 8.42 Å². The molecule has 1 aliphatic heterocycles. The van der Waals surface area contributed by atoms with E-state index < -0.39 is 9.84 Å². The summed E-state index contributed by atoms with van der Waals surface area (Å²) in [5.41, 5.74) is 6.20. The Morgan fingerprint density at radius 3 is 2.25 bits per heavy atom. The Bertz CT molecular complexity index is 529. The predicted molar refractivity (Wildman–Crippen MR) is 82.1 cm³/mol. The average molecular weight is 295 g/mol. The van der Waals surface area contributed by atoms with Crippen LogP contribution in [-0.4, -0.2) is 38.2 Å². The summed E-state index contributed by atoms with van der Waals surface area (Å²) >= 11 is 0. The molecule has 0 aromatic heterocycles. The standard InChI is InChI=1S/C15H23N2O2S/c1-12(2)11-17-9-7-15(8-10-17)20(18,19)14-5-3-13(16)4-6-14/h3-6,15H,7-11,16H2,1-2H3. The van der Waals surface area contributed by atoms with Crippen LogP contribution in [0, 0.1) is 5.92 Å². The maximum Gasteiger partial charge on any atom is 0.181 e. The molecule has 2 rings (SSSR count). The van der Waals surface area contributed by atoms with Crippen molar-refractivity contribution in [1.82, 2.24) is 4.90 Å². The smallest absolute Gasteiger partial charge is 0.181 e. The molecule has 1 saturated heterocycles. The number of piperidine rings is 1. The van der Waals surface area contributed by atoms with Gasteiger partial charge in [-0.25, -0.2) is 8.42 Å². The van der Waals surface area contributed by atoms with E-state index >= 15 is 0 Å². The van der Waals surface area contributed by atoms with Gasteiger partial charge < -0.3 is 10.6 Å². The first-order chi connectivity index (χ1) is 9.39. The Balaban J connectivity index is 2.04. The highest BCUT2D eigenvalue weighted by Crippen LogP contribution is 2.25. The van der Waals surface area contributed by atoms with Gasteiger partial charge in [0.1, 0.15) is 0 Å². The van der Waals surface area contributed by atoms with E-state index in [0.717, 1.165) is 19.6 Å². The second-order valence-electron chi connectivity index (χ2n) is 5.80. The summed E-state index contributed by atoms with van der Waals surface area (Å²) in [6, 6.07) is 6.52. The highest BCUT2D eigenvalue weighted by Gasteiger charge is 2.31. The van der Waals surface area contributed by atoms with E-state index in [2.05, 4.69) is 18.7 Å². The summed E-state index contributed by atoms with van der Waals surface area (Å²) in [6.45, 7) is 6.89. The van der Waals surface area contributed by atoms with Crippen LogP contribution in [-0.2, 0) is 9.84 Å². The van der Waals surface area contributed by atoms with E-state index in [4.69, 9.17) is 5.73 Å². The van der Waals surface area contributed by atoms with Crippen molar-refractivity contribution in [2.24, 2.45) is 0 Å². The van der Waals surface area contributed by atoms with Crippen LogP contribution in [0.3, 0.4) is 0 Å². The topological polar surface area (TPSA) is 63.4 Å². The van der Waals surface area contributed by atoms with Gasteiger partial charge in [-0.05, 0) is 56.1 Å². The molecule has 5 heteroatoms. The molecule has 0 atom stereocenters. The summed E-state index contributed by atoms with van der Waals surface area (Å²) in [6.07, 6.45) is 1.42. The fraction of sp³-hybridized carbons (Fsp3) is 0.533. The number of nitrogen functional groups attached to an aromatic ring is 1. The van der Waals surface area contributed by atoms with Gasteiger partial charge in [0.15, 0.2) is 9.84 Å². The third-order valence-corrected chi connectivity index (χ3v) is 6.00. The molecule has 1 heterocycles. The van der Waals surface area contributed by atoms with Crippen LogP contribution in [0.5, 0.6) is 0 Å². The summed E-state index contributed by atoms with van der Waals surface area (Å²) in [7, 11) is -3.22. The first kappa shape index (κ1) is 15.3. The lowest BCUT2D eigenvalue weighted by Crippen LogP contribution is -2.40. The first-order valence-corrected chi connectivity index (χ1v) is 8.55. The van der Waals surface area contributed by atoms with Gasteiger partial charge in [-0.1, -0.05) is 13.8 Å². The lowest BCUT2D eigenvalue weighted by Gasteiger charge is -2.32. The quantitative estimate of drug-likeness (QED) is 0.864. The number of rotatable bonds is 4. The van der Waals surface area contributed by atoms with E-state index in [0.29, 0.717) is 23.4 Å². The Morgan fingerprint density at radius 2 is 1.75 bits per heavy atom. The second kappa shape index (κ2) is 6.14. The number of nitrogens with zero attached hydrogens (tertiary/aromatic N) is 1. The highest BCUT2D eigenvalue weighted by atomic mass is 32.2. The van der Waals surface area contributed by atoms with Gasteiger partial charge in [0.25, 0.3) is 0 Å². The zero-order valence-corrected chi connectivity index (χ0v) is 13.0. The first-order valence-electron chi connectivity index (χ1n) is 7.00. The third kappa shape index (κ3) is 3.52. The van der Waals surface area contributed by atoms with Crippen molar-refractivity contribution in [1.29, 1.82) is 0 Å². The minimum atomic E-state index is -3.22. The monoisotopic (exact) mass is 295 g/mol. The van der Waals surface area contributed by atoms with Gasteiger partial charge in [0.05, 0.1) is 10.1 Å². The van der Waals surface area contributed by atoms with E-state index in [9.17, 15) is 8.42 Å². The van der Waals surface area contributed by atoms with Gasteiger partial charge >= 0.3 is 0 Å². The van der Waals surface area contributed by atoms with Crippen LogP contribution < -0.4 is 5.73 Å². The molecule has 4 nitrogen and oxygen atoms in total. The predicted octanol–water partition coefficient (Wildman–Crippen LogP) is 2.12.